The topological polar surface area (TPSA) is 199 Å². The Morgan fingerprint density at radius 3 is 2.03 bits per heavy atom. The first-order valence-electron chi connectivity index (χ1n) is 26.2. The van der Waals surface area contributed by atoms with Crippen molar-refractivity contribution >= 4 is 64.2 Å². The molecule has 2 N–H and O–H groups in total. The number of benzene rings is 5. The van der Waals surface area contributed by atoms with Gasteiger partial charge in [-0.05, 0) is 77.6 Å². The number of imide groups is 1. The molecule has 19 heteroatoms. The summed E-state index contributed by atoms with van der Waals surface area (Å²) in [6, 6.07) is 28.6. The van der Waals surface area contributed by atoms with Crippen LogP contribution in [0.15, 0.2) is 108 Å². The molecule has 5 aromatic carbocycles. The van der Waals surface area contributed by atoms with Crippen LogP contribution in [0.25, 0.3) is 0 Å². The Hall–Kier alpha value is -8.26. The molecule has 78 heavy (non-hydrogen) atoms. The number of nitrogens with one attached hydrogen (secondary N) is 2. The number of nitrogens with zero attached hydrogens (tertiary/aromatic N) is 5. The quantitative estimate of drug-likeness (QED) is 0.0477. The summed E-state index contributed by atoms with van der Waals surface area (Å²) < 4.78 is 41.7. The van der Waals surface area contributed by atoms with Gasteiger partial charge in [0.05, 0.1) is 81.8 Å². The van der Waals surface area contributed by atoms with Crippen LogP contribution in [0.4, 0.5) is 28.4 Å². The smallest absolute Gasteiger partial charge is 0.261 e. The molecule has 406 valence electrons. The van der Waals surface area contributed by atoms with Gasteiger partial charge < -0.3 is 53.6 Å². The maximum atomic E-state index is 14.2. The van der Waals surface area contributed by atoms with Gasteiger partial charge in [0, 0.05) is 100 Å². The highest BCUT2D eigenvalue weighted by atomic mass is 16.5. The van der Waals surface area contributed by atoms with E-state index in [1.807, 2.05) is 77.8 Å². The van der Waals surface area contributed by atoms with E-state index in [2.05, 4.69) is 21.6 Å². The second-order valence-electron chi connectivity index (χ2n) is 19.4. The summed E-state index contributed by atoms with van der Waals surface area (Å²) in [7, 11) is 4.70. The van der Waals surface area contributed by atoms with Crippen molar-refractivity contribution in [2.24, 2.45) is 4.99 Å². The van der Waals surface area contributed by atoms with Crippen LogP contribution >= 0.6 is 0 Å². The van der Waals surface area contributed by atoms with E-state index in [1.165, 1.54) is 19.3 Å². The lowest BCUT2D eigenvalue weighted by molar-refractivity contribution is -0.137. The van der Waals surface area contributed by atoms with E-state index in [0.717, 1.165) is 50.6 Å². The number of hydrogen-bond acceptors (Lipinski definition) is 15. The van der Waals surface area contributed by atoms with Crippen LogP contribution in [0.1, 0.15) is 55.8 Å². The maximum Gasteiger partial charge on any atom is 0.261 e. The lowest BCUT2D eigenvalue weighted by Crippen LogP contribution is -2.39. The Bertz CT molecular complexity index is 3130. The number of amides is 5. The van der Waals surface area contributed by atoms with E-state index in [4.69, 9.17) is 38.2 Å². The highest BCUT2D eigenvalue weighted by Crippen LogP contribution is 2.43. The standard InChI is InChI=1S/C59H63N7O12/c1-72-21-22-76-24-23-75-20-19-63(17-8-13-55(67)60-16-18-64-56(68)14-15-57(64)69)42-26-38(36-77-53-32-47-45(30-51(53)73-2)58(70)65-43(34-61-47)28-40-9-4-6-11-49(40)65)25-39(27-42)37-78-54-33-48-46(31-52(54)74-3)59(71)66-44(35-62-48)29-41-10-5-7-12-50(41)66/h4-7,9-12,14-15,25-27,30-34,43-44,62H,8,13,16-24,28-29,35-37H2,1-3H3,(H,60,67)/t43-,44?/m0/s1. The molecule has 5 aliphatic rings. The van der Waals surface area contributed by atoms with Gasteiger partial charge in [-0.25, -0.2) is 0 Å². The molecule has 1 unspecified atom stereocenters. The number of fused-ring (bicyclic) bond motifs is 8. The molecule has 0 saturated carbocycles. The molecular weight excluding hydrogens is 999 g/mol. The summed E-state index contributed by atoms with van der Waals surface area (Å²) in [6.07, 6.45) is 6.30. The predicted molar refractivity (Wildman–Crippen MR) is 293 cm³/mol. The molecule has 2 atom stereocenters. The molecule has 0 saturated heterocycles. The summed E-state index contributed by atoms with van der Waals surface area (Å²) >= 11 is 0. The maximum absolute atomic E-state index is 14.2. The van der Waals surface area contributed by atoms with Crippen molar-refractivity contribution in [1.29, 1.82) is 0 Å². The number of carbonyl (C=O) groups excluding carboxylic acids is 5. The average molecular weight is 1060 g/mol. The fraction of sp³-hybridized carbons (Fsp3) is 0.356. The SMILES string of the molecule is COCCOCCOCCN(CCCC(=O)NCCN1C(=O)C=CC1=O)c1cc(COc2cc3c(cc2OC)C(=O)N2c4ccccc4C[C@H]2C=N3)cc(COc2cc3c(cc2OC)C(=O)N2c4ccccc4CC2CN3)c1. The summed E-state index contributed by atoms with van der Waals surface area (Å²) in [5.41, 5.74) is 8.36. The number of para-hydroxylation sites is 2. The van der Waals surface area contributed by atoms with Crippen LogP contribution in [0.5, 0.6) is 23.0 Å². The van der Waals surface area contributed by atoms with Gasteiger partial charge in [0.15, 0.2) is 23.0 Å². The van der Waals surface area contributed by atoms with Crippen molar-refractivity contribution in [3.8, 4) is 23.0 Å². The van der Waals surface area contributed by atoms with Crippen LogP contribution in [0.2, 0.25) is 0 Å². The molecular formula is C59H63N7O12. The summed E-state index contributed by atoms with van der Waals surface area (Å²) in [4.78, 5) is 77.3. The Labute approximate surface area is 452 Å². The number of carbonyl (C=O) groups is 5. The number of rotatable bonds is 25. The molecule has 5 aliphatic heterocycles. The van der Waals surface area contributed by atoms with Crippen LogP contribution in [-0.4, -0.2) is 140 Å². The lowest BCUT2D eigenvalue weighted by Gasteiger charge is -2.26. The molecule has 5 heterocycles. The average Bonchev–Trinajstić information content (AvgIpc) is 4.12. The number of methoxy groups -OCH3 is 3. The first-order valence-corrected chi connectivity index (χ1v) is 26.2. The molecule has 0 aliphatic carbocycles. The highest BCUT2D eigenvalue weighted by molar-refractivity contribution is 6.15. The Morgan fingerprint density at radius 1 is 0.692 bits per heavy atom. The van der Waals surface area contributed by atoms with E-state index in [0.29, 0.717) is 111 Å². The fourth-order valence-corrected chi connectivity index (χ4v) is 10.5. The first kappa shape index (κ1) is 53.2. The van der Waals surface area contributed by atoms with E-state index in [-0.39, 0.29) is 62.5 Å². The monoisotopic (exact) mass is 1060 g/mol. The number of hydrogen-bond donors (Lipinski definition) is 2. The minimum atomic E-state index is -0.404. The van der Waals surface area contributed by atoms with Gasteiger partial charge in [0.25, 0.3) is 23.6 Å². The van der Waals surface area contributed by atoms with Gasteiger partial charge in [0.2, 0.25) is 5.91 Å². The third kappa shape index (κ3) is 11.7. The second kappa shape index (κ2) is 24.4. The van der Waals surface area contributed by atoms with Gasteiger partial charge in [-0.1, -0.05) is 36.4 Å². The molecule has 10 rings (SSSR count). The number of aliphatic imine (C=N–C) groups is 1. The van der Waals surface area contributed by atoms with Crippen LogP contribution in [0, 0.1) is 0 Å². The molecule has 0 spiro atoms. The minimum Gasteiger partial charge on any atom is -0.493 e. The van der Waals surface area contributed by atoms with Crippen LogP contribution in [0.3, 0.4) is 0 Å². The van der Waals surface area contributed by atoms with Crippen molar-refractivity contribution in [3.05, 3.63) is 137 Å². The summed E-state index contributed by atoms with van der Waals surface area (Å²) in [6.45, 7) is 3.86. The fourth-order valence-electron chi connectivity index (χ4n) is 10.5. The van der Waals surface area contributed by atoms with Crippen molar-refractivity contribution in [2.75, 3.05) is 107 Å². The van der Waals surface area contributed by atoms with Crippen molar-refractivity contribution in [2.45, 2.75) is 51.0 Å². The summed E-state index contributed by atoms with van der Waals surface area (Å²) in [5.74, 6) is 0.286. The zero-order chi connectivity index (χ0) is 54.1. The van der Waals surface area contributed by atoms with E-state index in [9.17, 15) is 24.0 Å². The normalized spacial score (nSPS) is 16.6. The van der Waals surface area contributed by atoms with E-state index < -0.39 is 11.8 Å². The first-order chi connectivity index (χ1) is 38.1. The van der Waals surface area contributed by atoms with Gasteiger partial charge in [-0.15, -0.1) is 0 Å². The van der Waals surface area contributed by atoms with Crippen LogP contribution < -0.4 is 44.3 Å². The zero-order valence-electron chi connectivity index (χ0n) is 44.0. The largest absolute Gasteiger partial charge is 0.493 e. The van der Waals surface area contributed by atoms with Gasteiger partial charge in [0.1, 0.15) is 13.2 Å². The van der Waals surface area contributed by atoms with Gasteiger partial charge in [-0.2, -0.15) is 0 Å². The predicted octanol–water partition coefficient (Wildman–Crippen LogP) is 6.45. The van der Waals surface area contributed by atoms with E-state index in [1.54, 1.807) is 37.3 Å². The van der Waals surface area contributed by atoms with Crippen LogP contribution in [-0.2, 0) is 54.6 Å². The highest BCUT2D eigenvalue weighted by Gasteiger charge is 2.39. The molecule has 0 fully saturated rings. The minimum absolute atomic E-state index is 0.0497. The molecule has 0 aromatic heterocycles. The Morgan fingerprint density at radius 2 is 1.32 bits per heavy atom. The van der Waals surface area contributed by atoms with E-state index >= 15 is 0 Å². The Balaban J connectivity index is 0.908. The third-order valence-electron chi connectivity index (χ3n) is 14.4. The third-order valence-corrected chi connectivity index (χ3v) is 14.4. The Kier molecular flexibility index (Phi) is 16.6. The number of ether oxygens (including phenoxy) is 7. The molecule has 19 nitrogen and oxygen atoms in total. The van der Waals surface area contributed by atoms with Crippen molar-refractivity contribution < 1.29 is 57.1 Å². The summed E-state index contributed by atoms with van der Waals surface area (Å²) in [5, 5.41) is 6.35. The van der Waals surface area contributed by atoms with Crippen molar-refractivity contribution in [3.63, 3.8) is 0 Å². The zero-order valence-corrected chi connectivity index (χ0v) is 44.0. The molecule has 0 radical (unpaired) electrons. The molecule has 5 aromatic rings. The molecule has 5 amide bonds. The second-order valence-corrected chi connectivity index (χ2v) is 19.4. The van der Waals surface area contributed by atoms with Crippen molar-refractivity contribution in [1.82, 2.24) is 10.2 Å². The number of anilines is 4. The lowest BCUT2D eigenvalue weighted by atomic mass is 10.1. The van der Waals surface area contributed by atoms with Gasteiger partial charge in [-0.3, -0.25) is 38.8 Å². The molecule has 0 bridgehead atoms. The van der Waals surface area contributed by atoms with Gasteiger partial charge >= 0.3 is 0 Å².